The van der Waals surface area contributed by atoms with Crippen molar-refractivity contribution in [2.75, 3.05) is 6.61 Å². The maximum absolute atomic E-state index is 10.6. The molecule has 19 heavy (non-hydrogen) atoms. The highest BCUT2D eigenvalue weighted by Crippen LogP contribution is 2.27. The van der Waals surface area contributed by atoms with E-state index in [2.05, 4.69) is 10.3 Å². The third-order valence-electron chi connectivity index (χ3n) is 2.23. The number of aromatic nitrogens is 3. The summed E-state index contributed by atoms with van der Waals surface area (Å²) in [5.74, 6) is -0.655. The molecule has 0 fully saturated rings. The van der Waals surface area contributed by atoms with Crippen LogP contribution in [0.15, 0.2) is 24.4 Å². The first-order chi connectivity index (χ1) is 9.06. The minimum Gasteiger partial charge on any atom is -0.490 e. The van der Waals surface area contributed by atoms with E-state index in [0.717, 1.165) is 0 Å². The van der Waals surface area contributed by atoms with Gasteiger partial charge in [-0.15, -0.1) is 5.10 Å². The van der Waals surface area contributed by atoms with E-state index in [9.17, 15) is 4.79 Å². The number of carboxylic acid groups (broad SMARTS) is 1. The molecule has 6 nitrogen and oxygen atoms in total. The van der Waals surface area contributed by atoms with Gasteiger partial charge in [-0.1, -0.05) is 28.4 Å². The van der Waals surface area contributed by atoms with Crippen LogP contribution < -0.4 is 4.74 Å². The minimum absolute atomic E-state index is 0.110. The lowest BCUT2D eigenvalue weighted by Gasteiger charge is -2.07. The Bertz CT molecular complexity index is 601. The van der Waals surface area contributed by atoms with Gasteiger partial charge in [-0.3, -0.25) is 0 Å². The Morgan fingerprint density at radius 3 is 2.89 bits per heavy atom. The Kier molecular flexibility index (Phi) is 4.24. The molecule has 0 spiro atoms. The Balaban J connectivity index is 1.92. The van der Waals surface area contributed by atoms with Gasteiger partial charge in [0, 0.05) is 11.1 Å². The van der Waals surface area contributed by atoms with E-state index in [1.165, 1.54) is 10.9 Å². The molecule has 0 saturated carbocycles. The lowest BCUT2D eigenvalue weighted by Crippen LogP contribution is -2.09. The quantitative estimate of drug-likeness (QED) is 0.917. The second kappa shape index (κ2) is 5.90. The standard InChI is InChI=1S/C11H9Cl2N3O3/c12-7-1-2-8(13)10(5-7)19-4-3-16-6-9(11(17)18)14-15-16/h1-2,5-6H,3-4H2,(H,17,18). The average molecular weight is 302 g/mol. The molecule has 0 saturated heterocycles. The molecule has 0 aliphatic carbocycles. The first-order valence-electron chi connectivity index (χ1n) is 5.27. The maximum atomic E-state index is 10.6. The molecule has 2 rings (SSSR count). The zero-order valence-corrected chi connectivity index (χ0v) is 11.1. The van der Waals surface area contributed by atoms with Crippen molar-refractivity contribution in [3.05, 3.63) is 40.1 Å². The molecule has 8 heteroatoms. The number of carbonyl (C=O) groups is 1. The third kappa shape index (κ3) is 3.59. The molecule has 0 unspecified atom stereocenters. The monoisotopic (exact) mass is 301 g/mol. The molecular weight excluding hydrogens is 293 g/mol. The van der Waals surface area contributed by atoms with Crippen molar-refractivity contribution in [1.29, 1.82) is 0 Å². The summed E-state index contributed by atoms with van der Waals surface area (Å²) in [5, 5.41) is 16.8. The molecule has 1 aromatic heterocycles. The lowest BCUT2D eigenvalue weighted by atomic mass is 10.3. The molecule has 0 atom stereocenters. The molecule has 0 amide bonds. The van der Waals surface area contributed by atoms with Crippen molar-refractivity contribution in [3.8, 4) is 5.75 Å². The van der Waals surface area contributed by atoms with Gasteiger partial charge in [-0.2, -0.15) is 0 Å². The minimum atomic E-state index is -1.12. The van der Waals surface area contributed by atoms with Crippen LogP contribution in [0.4, 0.5) is 0 Å². The predicted octanol–water partition coefficient (Wildman–Crippen LogP) is 2.36. The summed E-state index contributed by atoms with van der Waals surface area (Å²) in [4.78, 5) is 10.6. The third-order valence-corrected chi connectivity index (χ3v) is 2.78. The Hall–Kier alpha value is -1.79. The van der Waals surface area contributed by atoms with Gasteiger partial charge in [-0.25, -0.2) is 9.48 Å². The smallest absolute Gasteiger partial charge is 0.358 e. The summed E-state index contributed by atoms with van der Waals surface area (Å²) >= 11 is 11.7. The molecule has 0 aliphatic heterocycles. The van der Waals surface area contributed by atoms with Gasteiger partial charge in [0.1, 0.15) is 12.4 Å². The summed E-state index contributed by atoms with van der Waals surface area (Å²) in [6.45, 7) is 0.617. The van der Waals surface area contributed by atoms with Gasteiger partial charge in [0.25, 0.3) is 0 Å². The van der Waals surface area contributed by atoms with E-state index < -0.39 is 5.97 Å². The molecule has 2 aromatic rings. The van der Waals surface area contributed by atoms with E-state index in [1.54, 1.807) is 18.2 Å². The number of carboxylic acids is 1. The summed E-state index contributed by atoms with van der Waals surface area (Å²) in [6, 6.07) is 4.90. The molecule has 1 heterocycles. The fourth-order valence-corrected chi connectivity index (χ4v) is 1.68. The predicted molar refractivity (Wildman–Crippen MR) is 68.9 cm³/mol. The first-order valence-corrected chi connectivity index (χ1v) is 6.03. The Morgan fingerprint density at radius 1 is 1.42 bits per heavy atom. The molecule has 0 radical (unpaired) electrons. The molecule has 1 N–H and O–H groups in total. The van der Waals surface area contributed by atoms with Crippen LogP contribution >= 0.6 is 23.2 Å². The average Bonchev–Trinajstić information content (AvgIpc) is 2.82. The summed E-state index contributed by atoms with van der Waals surface area (Å²) in [7, 11) is 0. The Labute approximate surface area is 118 Å². The van der Waals surface area contributed by atoms with Crippen molar-refractivity contribution in [2.45, 2.75) is 6.54 Å². The van der Waals surface area contributed by atoms with Crippen LogP contribution in [0.2, 0.25) is 10.0 Å². The maximum Gasteiger partial charge on any atom is 0.358 e. The van der Waals surface area contributed by atoms with Crippen molar-refractivity contribution in [1.82, 2.24) is 15.0 Å². The van der Waals surface area contributed by atoms with Crippen LogP contribution in [0.5, 0.6) is 5.75 Å². The van der Waals surface area contributed by atoms with Crippen LogP contribution in [0.3, 0.4) is 0 Å². The molecule has 100 valence electrons. The van der Waals surface area contributed by atoms with Gasteiger partial charge < -0.3 is 9.84 Å². The van der Waals surface area contributed by atoms with Gasteiger partial charge in [-0.05, 0) is 12.1 Å². The molecule has 0 aliphatic rings. The van der Waals surface area contributed by atoms with Gasteiger partial charge in [0.15, 0.2) is 5.69 Å². The molecular formula is C11H9Cl2N3O3. The van der Waals surface area contributed by atoms with Gasteiger partial charge in [0.2, 0.25) is 0 Å². The number of nitrogens with zero attached hydrogens (tertiary/aromatic N) is 3. The fraction of sp³-hybridized carbons (Fsp3) is 0.182. The molecule has 1 aromatic carbocycles. The van der Waals surface area contributed by atoms with Crippen LogP contribution in [0, 0.1) is 0 Å². The fourth-order valence-electron chi connectivity index (χ4n) is 1.34. The van der Waals surface area contributed by atoms with Crippen LogP contribution in [-0.2, 0) is 6.54 Å². The second-order valence-corrected chi connectivity index (χ2v) is 4.44. The van der Waals surface area contributed by atoms with Crippen LogP contribution in [0.1, 0.15) is 10.5 Å². The number of halogens is 2. The Morgan fingerprint density at radius 2 is 2.21 bits per heavy atom. The van der Waals surface area contributed by atoms with Crippen molar-refractivity contribution in [3.63, 3.8) is 0 Å². The number of ether oxygens (including phenoxy) is 1. The van der Waals surface area contributed by atoms with E-state index in [-0.39, 0.29) is 12.3 Å². The SMILES string of the molecule is O=C(O)c1cn(CCOc2cc(Cl)ccc2Cl)nn1. The van der Waals surface area contributed by atoms with Crippen molar-refractivity contribution >= 4 is 29.2 Å². The highest BCUT2D eigenvalue weighted by molar-refractivity contribution is 6.34. The number of aromatic carboxylic acids is 1. The van der Waals surface area contributed by atoms with Gasteiger partial charge in [0.05, 0.1) is 17.8 Å². The number of benzene rings is 1. The number of hydrogen-bond acceptors (Lipinski definition) is 4. The van der Waals surface area contributed by atoms with Crippen LogP contribution in [-0.4, -0.2) is 32.7 Å². The summed E-state index contributed by atoms with van der Waals surface area (Å²) in [6.07, 6.45) is 1.32. The number of rotatable bonds is 5. The zero-order valence-electron chi connectivity index (χ0n) is 9.58. The highest BCUT2D eigenvalue weighted by Gasteiger charge is 2.08. The topological polar surface area (TPSA) is 77.2 Å². The molecule has 0 bridgehead atoms. The largest absolute Gasteiger partial charge is 0.490 e. The van der Waals surface area contributed by atoms with Crippen molar-refractivity contribution in [2.24, 2.45) is 0 Å². The van der Waals surface area contributed by atoms with E-state index in [0.29, 0.717) is 22.3 Å². The van der Waals surface area contributed by atoms with E-state index >= 15 is 0 Å². The van der Waals surface area contributed by atoms with Crippen LogP contribution in [0.25, 0.3) is 0 Å². The highest BCUT2D eigenvalue weighted by atomic mass is 35.5. The number of hydrogen-bond donors (Lipinski definition) is 1. The first kappa shape index (κ1) is 13.6. The summed E-state index contributed by atoms with van der Waals surface area (Å²) < 4.78 is 6.82. The van der Waals surface area contributed by atoms with E-state index in [4.69, 9.17) is 33.0 Å². The van der Waals surface area contributed by atoms with Crippen molar-refractivity contribution < 1.29 is 14.6 Å². The van der Waals surface area contributed by atoms with E-state index in [1.807, 2.05) is 0 Å². The van der Waals surface area contributed by atoms with Gasteiger partial charge >= 0.3 is 5.97 Å². The lowest BCUT2D eigenvalue weighted by molar-refractivity contribution is 0.0690. The zero-order chi connectivity index (χ0) is 13.8. The normalized spacial score (nSPS) is 10.4. The second-order valence-electron chi connectivity index (χ2n) is 3.60. The summed E-state index contributed by atoms with van der Waals surface area (Å²) in [5.41, 5.74) is -0.110.